The fourth-order valence-corrected chi connectivity index (χ4v) is 3.97. The summed E-state index contributed by atoms with van der Waals surface area (Å²) < 4.78 is 62.7. The van der Waals surface area contributed by atoms with E-state index < -0.39 is 17.4 Å². The van der Waals surface area contributed by atoms with Crippen molar-refractivity contribution in [3.8, 4) is 0 Å². The molecule has 1 aromatic carbocycles. The zero-order valence-corrected chi connectivity index (χ0v) is 18.3. The fourth-order valence-electron chi connectivity index (χ4n) is 3.97. The van der Waals surface area contributed by atoms with Crippen molar-refractivity contribution in [1.29, 1.82) is 0 Å². The standard InChI is InChI=1S/C24H28F4N2O2/c1-17(2)32-16-19(31)8-9-20-22(24(26,27)28)21(10-13-29-20)30-14-11-23(25,12-15-30)18-6-4-3-5-7-18/h3-7,10,13,17H,8-9,11-12,14-16H2,1-2H3. The summed E-state index contributed by atoms with van der Waals surface area (Å²) in [6, 6.07) is 10.1. The molecule has 1 aliphatic heterocycles. The molecule has 0 atom stereocenters. The predicted octanol–water partition coefficient (Wildman–Crippen LogP) is 5.49. The fraction of sp³-hybridized carbons (Fsp3) is 0.500. The van der Waals surface area contributed by atoms with E-state index in [4.69, 9.17) is 4.74 Å². The maximum Gasteiger partial charge on any atom is 0.420 e. The number of halogens is 4. The van der Waals surface area contributed by atoms with Crippen LogP contribution in [-0.2, 0) is 27.8 Å². The molecule has 0 aliphatic carbocycles. The maximum absolute atomic E-state index is 15.4. The molecule has 0 amide bonds. The summed E-state index contributed by atoms with van der Waals surface area (Å²) in [7, 11) is 0. The Morgan fingerprint density at radius 1 is 1.16 bits per heavy atom. The number of carbonyl (C=O) groups excluding carboxylic acids is 1. The third-order valence-corrected chi connectivity index (χ3v) is 5.70. The molecule has 1 fully saturated rings. The second-order valence-electron chi connectivity index (χ2n) is 8.37. The van der Waals surface area contributed by atoms with E-state index in [-0.39, 0.29) is 68.6 Å². The first-order chi connectivity index (χ1) is 15.1. The third kappa shape index (κ3) is 5.85. The first-order valence-corrected chi connectivity index (χ1v) is 10.8. The Hall–Kier alpha value is -2.48. The number of nitrogens with zero attached hydrogens (tertiary/aromatic N) is 2. The lowest BCUT2D eigenvalue weighted by Gasteiger charge is -2.39. The largest absolute Gasteiger partial charge is 0.420 e. The summed E-state index contributed by atoms with van der Waals surface area (Å²) in [6.07, 6.45) is -3.48. The van der Waals surface area contributed by atoms with Crippen molar-refractivity contribution in [3.05, 3.63) is 59.4 Å². The van der Waals surface area contributed by atoms with E-state index >= 15 is 4.39 Å². The number of pyridine rings is 1. The van der Waals surface area contributed by atoms with Crippen LogP contribution in [0.5, 0.6) is 0 Å². The van der Waals surface area contributed by atoms with Crippen LogP contribution in [0.25, 0.3) is 0 Å². The number of alkyl halides is 4. The van der Waals surface area contributed by atoms with Gasteiger partial charge in [-0.3, -0.25) is 9.78 Å². The molecular weight excluding hydrogens is 424 g/mol. The van der Waals surface area contributed by atoms with Gasteiger partial charge in [-0.05, 0) is 31.9 Å². The zero-order chi connectivity index (χ0) is 23.4. The molecule has 1 saturated heterocycles. The average molecular weight is 452 g/mol. The Labute approximate surface area is 185 Å². The molecule has 0 unspecified atom stereocenters. The van der Waals surface area contributed by atoms with Crippen LogP contribution in [0.4, 0.5) is 23.2 Å². The van der Waals surface area contributed by atoms with Crippen LogP contribution in [0.3, 0.4) is 0 Å². The minimum absolute atomic E-state index is 0.0107. The minimum atomic E-state index is -4.64. The first-order valence-electron chi connectivity index (χ1n) is 10.8. The minimum Gasteiger partial charge on any atom is -0.371 e. The molecule has 0 radical (unpaired) electrons. The third-order valence-electron chi connectivity index (χ3n) is 5.70. The summed E-state index contributed by atoms with van der Waals surface area (Å²) in [5.41, 5.74) is -2.04. The van der Waals surface area contributed by atoms with Crippen LogP contribution in [0, 0.1) is 0 Å². The molecule has 174 valence electrons. The number of ether oxygens (including phenoxy) is 1. The van der Waals surface area contributed by atoms with Gasteiger partial charge in [-0.1, -0.05) is 30.3 Å². The predicted molar refractivity (Wildman–Crippen MR) is 114 cm³/mol. The van der Waals surface area contributed by atoms with Gasteiger partial charge in [0, 0.05) is 38.5 Å². The van der Waals surface area contributed by atoms with E-state index in [1.807, 2.05) is 0 Å². The van der Waals surface area contributed by atoms with Gasteiger partial charge in [0.1, 0.15) is 17.8 Å². The van der Waals surface area contributed by atoms with Crippen LogP contribution in [-0.4, -0.2) is 36.6 Å². The number of piperidine rings is 1. The van der Waals surface area contributed by atoms with Gasteiger partial charge in [-0.2, -0.15) is 13.2 Å². The van der Waals surface area contributed by atoms with E-state index in [0.717, 1.165) is 0 Å². The highest BCUT2D eigenvalue weighted by molar-refractivity contribution is 5.80. The van der Waals surface area contributed by atoms with E-state index in [0.29, 0.717) is 5.56 Å². The van der Waals surface area contributed by atoms with Crippen LogP contribution in [0.1, 0.15) is 49.9 Å². The summed E-state index contributed by atoms with van der Waals surface area (Å²) in [5, 5.41) is 0. The number of rotatable bonds is 8. The Morgan fingerprint density at radius 3 is 2.41 bits per heavy atom. The molecule has 0 bridgehead atoms. The van der Waals surface area contributed by atoms with Crippen molar-refractivity contribution in [2.45, 2.75) is 57.5 Å². The molecule has 32 heavy (non-hydrogen) atoms. The quantitative estimate of drug-likeness (QED) is 0.497. The lowest BCUT2D eigenvalue weighted by Crippen LogP contribution is -2.41. The molecule has 0 N–H and O–H groups in total. The molecule has 1 aliphatic rings. The maximum atomic E-state index is 15.4. The molecule has 0 spiro atoms. The number of anilines is 1. The van der Waals surface area contributed by atoms with Crippen LogP contribution in [0.15, 0.2) is 42.6 Å². The van der Waals surface area contributed by atoms with Gasteiger partial charge in [-0.15, -0.1) is 0 Å². The van der Waals surface area contributed by atoms with E-state index in [1.54, 1.807) is 49.1 Å². The highest BCUT2D eigenvalue weighted by atomic mass is 19.4. The Kier molecular flexibility index (Phi) is 7.54. The number of benzene rings is 1. The topological polar surface area (TPSA) is 42.4 Å². The molecular formula is C24H28F4N2O2. The molecule has 3 rings (SSSR count). The summed E-state index contributed by atoms with van der Waals surface area (Å²) in [5.74, 6) is -0.276. The summed E-state index contributed by atoms with van der Waals surface area (Å²) in [6.45, 7) is 3.73. The van der Waals surface area contributed by atoms with E-state index in [1.165, 1.54) is 12.3 Å². The highest BCUT2D eigenvalue weighted by Crippen LogP contribution is 2.43. The van der Waals surface area contributed by atoms with Gasteiger partial charge in [-0.25, -0.2) is 4.39 Å². The van der Waals surface area contributed by atoms with Gasteiger partial charge >= 0.3 is 6.18 Å². The molecule has 0 saturated carbocycles. The Balaban J connectivity index is 1.77. The SMILES string of the molecule is CC(C)OCC(=O)CCc1nccc(N2CCC(F)(c3ccccc3)CC2)c1C(F)(F)F. The van der Waals surface area contributed by atoms with Gasteiger partial charge in [0.2, 0.25) is 0 Å². The number of aromatic nitrogens is 1. The van der Waals surface area contributed by atoms with Crippen molar-refractivity contribution in [2.24, 2.45) is 0 Å². The number of ketones is 1. The zero-order valence-electron chi connectivity index (χ0n) is 18.3. The summed E-state index contributed by atoms with van der Waals surface area (Å²) >= 11 is 0. The van der Waals surface area contributed by atoms with Gasteiger partial charge < -0.3 is 9.64 Å². The highest BCUT2D eigenvalue weighted by Gasteiger charge is 2.41. The normalized spacial score (nSPS) is 16.4. The number of Topliss-reactive ketones (excluding diaryl/α,β-unsaturated/α-hetero) is 1. The van der Waals surface area contributed by atoms with Gasteiger partial charge in [0.15, 0.2) is 5.78 Å². The van der Waals surface area contributed by atoms with Crippen molar-refractivity contribution in [3.63, 3.8) is 0 Å². The number of hydrogen-bond donors (Lipinski definition) is 0. The second kappa shape index (κ2) is 9.98. The van der Waals surface area contributed by atoms with Crippen LogP contribution < -0.4 is 4.90 Å². The van der Waals surface area contributed by atoms with Crippen LogP contribution >= 0.6 is 0 Å². The Morgan fingerprint density at radius 2 is 1.81 bits per heavy atom. The monoisotopic (exact) mass is 452 g/mol. The average Bonchev–Trinajstić information content (AvgIpc) is 2.76. The van der Waals surface area contributed by atoms with Crippen LogP contribution in [0.2, 0.25) is 0 Å². The molecule has 8 heteroatoms. The first kappa shape index (κ1) is 24.2. The van der Waals surface area contributed by atoms with Gasteiger partial charge in [0.25, 0.3) is 0 Å². The molecule has 2 heterocycles. The lowest BCUT2D eigenvalue weighted by atomic mass is 9.86. The molecule has 2 aromatic rings. The summed E-state index contributed by atoms with van der Waals surface area (Å²) in [4.78, 5) is 17.5. The molecule has 4 nitrogen and oxygen atoms in total. The molecule has 1 aromatic heterocycles. The number of aryl methyl sites for hydroxylation is 1. The van der Waals surface area contributed by atoms with Crippen molar-refractivity contribution < 1.29 is 27.1 Å². The lowest BCUT2D eigenvalue weighted by molar-refractivity contribution is -0.138. The second-order valence-corrected chi connectivity index (χ2v) is 8.37. The Bertz CT molecular complexity index is 908. The van der Waals surface area contributed by atoms with Crippen molar-refractivity contribution in [1.82, 2.24) is 4.98 Å². The van der Waals surface area contributed by atoms with Crippen molar-refractivity contribution in [2.75, 3.05) is 24.6 Å². The van der Waals surface area contributed by atoms with Crippen molar-refractivity contribution >= 4 is 11.5 Å². The number of carbonyl (C=O) groups is 1. The van der Waals surface area contributed by atoms with E-state index in [9.17, 15) is 18.0 Å². The number of hydrogen-bond acceptors (Lipinski definition) is 4. The smallest absolute Gasteiger partial charge is 0.371 e. The van der Waals surface area contributed by atoms with E-state index in [2.05, 4.69) is 4.98 Å². The van der Waals surface area contributed by atoms with Gasteiger partial charge in [0.05, 0.1) is 17.5 Å².